The summed E-state index contributed by atoms with van der Waals surface area (Å²) in [6, 6.07) is 90.2. The van der Waals surface area contributed by atoms with Crippen LogP contribution in [0, 0.1) is 0 Å². The van der Waals surface area contributed by atoms with Gasteiger partial charge in [-0.2, -0.15) is 0 Å². The highest BCUT2D eigenvalue weighted by Crippen LogP contribution is 2.45. The normalized spacial score (nSPS) is 11.5. The van der Waals surface area contributed by atoms with E-state index in [4.69, 9.17) is 15.0 Å². The van der Waals surface area contributed by atoms with Gasteiger partial charge in [-0.05, 0) is 46.5 Å². The van der Waals surface area contributed by atoms with Crippen LogP contribution in [0.4, 0.5) is 0 Å². The number of hydrogen-bond donors (Lipinski definition) is 0. The molecule has 69 heavy (non-hydrogen) atoms. The molecular formula is C65H42N4. The van der Waals surface area contributed by atoms with Gasteiger partial charge in [0.1, 0.15) is 0 Å². The van der Waals surface area contributed by atoms with Gasteiger partial charge in [0, 0.05) is 66.0 Å². The zero-order valence-corrected chi connectivity index (χ0v) is 37.5. The second-order valence-corrected chi connectivity index (χ2v) is 17.5. The third kappa shape index (κ3) is 6.97. The second-order valence-electron chi connectivity index (χ2n) is 17.5. The van der Waals surface area contributed by atoms with Gasteiger partial charge in [0.15, 0.2) is 5.82 Å². The van der Waals surface area contributed by atoms with Crippen molar-refractivity contribution in [3.8, 4) is 84.2 Å². The molecule has 3 aromatic heterocycles. The lowest BCUT2D eigenvalue weighted by molar-refractivity contribution is 1.18. The summed E-state index contributed by atoms with van der Waals surface area (Å²) >= 11 is 0. The average Bonchev–Trinajstić information content (AvgIpc) is 3.78. The van der Waals surface area contributed by atoms with Crippen LogP contribution in [0.5, 0.6) is 0 Å². The molecule has 13 rings (SSSR count). The van der Waals surface area contributed by atoms with Crippen LogP contribution in [0.3, 0.4) is 0 Å². The van der Waals surface area contributed by atoms with Crippen LogP contribution < -0.4 is 0 Å². The van der Waals surface area contributed by atoms with Gasteiger partial charge in [0.2, 0.25) is 0 Å². The Labute approximate surface area is 400 Å². The lowest BCUT2D eigenvalue weighted by Crippen LogP contribution is -2.00. The number of benzene rings is 10. The highest BCUT2D eigenvalue weighted by molar-refractivity contribution is 6.30. The highest BCUT2D eigenvalue weighted by Gasteiger charge is 2.22. The first-order valence-electron chi connectivity index (χ1n) is 23.4. The largest absolute Gasteiger partial charge is 0.309 e. The molecule has 0 amide bonds. The monoisotopic (exact) mass is 878 g/mol. The standard InChI is InChI=1S/C65H42N4/c1-6-19-47(20-7-1)61-55-41-42-57-60(53-29-16-17-32-56(53)69(57)51-27-14-5-15-28-51)59(55)54-31-18-30-52(64(54)66-61)45-37-33-43(34-38-45)44-35-39-46(40-36-44)58-62(48-21-8-2-9-22-48)67-65(50-25-12-4-13-26-50)68-63(58)49-23-10-3-11-24-49/h1-42H. The zero-order valence-electron chi connectivity index (χ0n) is 37.5. The van der Waals surface area contributed by atoms with E-state index in [1.807, 2.05) is 30.3 Å². The second kappa shape index (κ2) is 16.9. The van der Waals surface area contributed by atoms with Crippen molar-refractivity contribution < 1.29 is 0 Å². The van der Waals surface area contributed by atoms with E-state index in [0.29, 0.717) is 5.82 Å². The van der Waals surface area contributed by atoms with Crippen molar-refractivity contribution >= 4 is 43.5 Å². The summed E-state index contributed by atoms with van der Waals surface area (Å²) in [5.74, 6) is 0.698. The summed E-state index contributed by atoms with van der Waals surface area (Å²) < 4.78 is 2.40. The molecule has 10 aromatic carbocycles. The minimum atomic E-state index is 0.698. The molecular weight excluding hydrogens is 837 g/mol. The van der Waals surface area contributed by atoms with Crippen LogP contribution in [0.15, 0.2) is 255 Å². The van der Waals surface area contributed by atoms with Crippen LogP contribution in [0.25, 0.3) is 128 Å². The van der Waals surface area contributed by atoms with Crippen molar-refractivity contribution in [3.05, 3.63) is 255 Å². The summed E-state index contributed by atoms with van der Waals surface area (Å²) in [5.41, 5.74) is 17.9. The summed E-state index contributed by atoms with van der Waals surface area (Å²) in [6.07, 6.45) is 0. The third-order valence-electron chi connectivity index (χ3n) is 13.4. The van der Waals surface area contributed by atoms with Gasteiger partial charge in [-0.15, -0.1) is 0 Å². The Bertz CT molecular complexity index is 3940. The van der Waals surface area contributed by atoms with Crippen molar-refractivity contribution in [1.29, 1.82) is 0 Å². The van der Waals surface area contributed by atoms with E-state index < -0.39 is 0 Å². The Morgan fingerprint density at radius 1 is 0.261 bits per heavy atom. The number of para-hydroxylation sites is 3. The van der Waals surface area contributed by atoms with Crippen molar-refractivity contribution in [2.75, 3.05) is 0 Å². The molecule has 0 unspecified atom stereocenters. The van der Waals surface area contributed by atoms with Crippen LogP contribution in [-0.2, 0) is 0 Å². The Morgan fingerprint density at radius 2 is 0.739 bits per heavy atom. The lowest BCUT2D eigenvalue weighted by atomic mass is 9.92. The SMILES string of the molecule is c1ccc(-c2nc(-c3ccccc3)c(-c3ccc(-c4ccc(-c5cccc6c5nc(-c5ccccc5)c5ccc7c(c8ccccc8n7-c7ccccc7)c56)cc4)cc3)c(-c3ccccc3)n2)cc1. The maximum Gasteiger partial charge on any atom is 0.160 e. The van der Waals surface area contributed by atoms with Crippen LogP contribution in [0.1, 0.15) is 0 Å². The van der Waals surface area contributed by atoms with E-state index >= 15 is 0 Å². The number of hydrogen-bond acceptors (Lipinski definition) is 3. The van der Waals surface area contributed by atoms with E-state index in [1.165, 1.54) is 27.2 Å². The van der Waals surface area contributed by atoms with Crippen molar-refractivity contribution in [2.45, 2.75) is 0 Å². The molecule has 0 saturated heterocycles. The summed E-state index contributed by atoms with van der Waals surface area (Å²) in [4.78, 5) is 16.1. The Kier molecular flexibility index (Phi) is 9.80. The minimum absolute atomic E-state index is 0.698. The Hall–Kier alpha value is -9.25. The van der Waals surface area contributed by atoms with Crippen molar-refractivity contribution in [1.82, 2.24) is 19.5 Å². The number of fused-ring (bicyclic) bond motifs is 7. The van der Waals surface area contributed by atoms with Gasteiger partial charge in [0.05, 0.1) is 33.6 Å². The van der Waals surface area contributed by atoms with Gasteiger partial charge >= 0.3 is 0 Å². The molecule has 0 spiro atoms. The number of rotatable bonds is 8. The number of nitrogens with zero attached hydrogens (tertiary/aromatic N) is 4. The van der Waals surface area contributed by atoms with Gasteiger partial charge in [0.25, 0.3) is 0 Å². The quantitative estimate of drug-likeness (QED) is 0.143. The molecule has 13 aromatic rings. The molecule has 0 atom stereocenters. The van der Waals surface area contributed by atoms with E-state index in [0.717, 1.165) is 94.7 Å². The maximum atomic E-state index is 5.58. The van der Waals surface area contributed by atoms with E-state index in [1.54, 1.807) is 0 Å². The molecule has 0 saturated carbocycles. The van der Waals surface area contributed by atoms with Gasteiger partial charge in [-0.1, -0.05) is 231 Å². The molecule has 0 N–H and O–H groups in total. The minimum Gasteiger partial charge on any atom is -0.309 e. The molecule has 0 aliphatic rings. The molecule has 3 heterocycles. The molecule has 4 nitrogen and oxygen atoms in total. The molecule has 322 valence electrons. The number of aromatic nitrogens is 4. The van der Waals surface area contributed by atoms with Gasteiger partial charge in [-0.25, -0.2) is 15.0 Å². The first-order valence-corrected chi connectivity index (χ1v) is 23.4. The smallest absolute Gasteiger partial charge is 0.160 e. The molecule has 0 radical (unpaired) electrons. The maximum absolute atomic E-state index is 5.58. The fourth-order valence-electron chi connectivity index (χ4n) is 10.2. The van der Waals surface area contributed by atoms with Crippen molar-refractivity contribution in [2.24, 2.45) is 0 Å². The van der Waals surface area contributed by atoms with Crippen LogP contribution in [-0.4, -0.2) is 19.5 Å². The Balaban J connectivity index is 0.941. The highest BCUT2D eigenvalue weighted by atomic mass is 15.0. The van der Waals surface area contributed by atoms with E-state index in [9.17, 15) is 0 Å². The summed E-state index contributed by atoms with van der Waals surface area (Å²) in [5, 5.41) is 5.94. The molecule has 0 aliphatic carbocycles. The van der Waals surface area contributed by atoms with Crippen molar-refractivity contribution in [3.63, 3.8) is 0 Å². The summed E-state index contributed by atoms with van der Waals surface area (Å²) in [7, 11) is 0. The van der Waals surface area contributed by atoms with Gasteiger partial charge in [-0.3, -0.25) is 0 Å². The molecule has 0 aliphatic heterocycles. The number of pyridine rings is 1. The van der Waals surface area contributed by atoms with Gasteiger partial charge < -0.3 is 4.57 Å². The molecule has 4 heteroatoms. The average molecular weight is 879 g/mol. The molecule has 0 fully saturated rings. The predicted octanol–water partition coefficient (Wildman–Crippen LogP) is 16.9. The fraction of sp³-hybridized carbons (Fsp3) is 0. The zero-order chi connectivity index (χ0) is 45.7. The third-order valence-corrected chi connectivity index (χ3v) is 13.4. The summed E-state index contributed by atoms with van der Waals surface area (Å²) in [6.45, 7) is 0. The first-order chi connectivity index (χ1) is 34.2. The van der Waals surface area contributed by atoms with E-state index in [2.05, 4.69) is 229 Å². The topological polar surface area (TPSA) is 43.6 Å². The van der Waals surface area contributed by atoms with E-state index in [-0.39, 0.29) is 0 Å². The molecule has 0 bridgehead atoms. The Morgan fingerprint density at radius 3 is 1.33 bits per heavy atom. The van der Waals surface area contributed by atoms with Crippen LogP contribution in [0.2, 0.25) is 0 Å². The fourth-order valence-corrected chi connectivity index (χ4v) is 10.2. The first kappa shape index (κ1) is 40.1. The lowest BCUT2D eigenvalue weighted by Gasteiger charge is -2.17. The predicted molar refractivity (Wildman–Crippen MR) is 287 cm³/mol. The van der Waals surface area contributed by atoms with Crippen LogP contribution >= 0.6 is 0 Å².